The first kappa shape index (κ1) is 14.6. The van der Waals surface area contributed by atoms with Crippen LogP contribution in [0.15, 0.2) is 12.1 Å². The van der Waals surface area contributed by atoms with Crippen LogP contribution in [0.5, 0.6) is 0 Å². The highest BCUT2D eigenvalue weighted by molar-refractivity contribution is 5.91. The third kappa shape index (κ3) is 3.21. The van der Waals surface area contributed by atoms with Crippen LogP contribution in [0.4, 0.5) is 15.8 Å². The molecule has 0 amide bonds. The Morgan fingerprint density at radius 3 is 2.65 bits per heavy atom. The number of aromatic carboxylic acids is 1. The molecule has 1 aliphatic rings. The molecule has 0 bridgehead atoms. The highest BCUT2D eigenvalue weighted by atomic mass is 19.1. The van der Waals surface area contributed by atoms with E-state index in [0.717, 1.165) is 25.8 Å². The Kier molecular flexibility index (Phi) is 4.16. The average Bonchev–Trinajstić information content (AvgIpc) is 3.16. The van der Waals surface area contributed by atoms with Crippen molar-refractivity contribution in [3.05, 3.63) is 23.5 Å². The number of nitrogens with zero attached hydrogens (tertiary/aromatic N) is 1. The summed E-state index contributed by atoms with van der Waals surface area (Å²) in [4.78, 5) is 13.0. The van der Waals surface area contributed by atoms with Crippen LogP contribution in [-0.4, -0.2) is 23.7 Å². The monoisotopic (exact) mass is 280 g/mol. The standard InChI is InChI=1S/C15H21FN2O2/c1-9(2)5-6-18(10-3-4-10)14-8-12(16)11(15(19)20)7-13(14)17/h7-10H,3-6,17H2,1-2H3,(H,19,20). The maximum atomic E-state index is 13.9. The van der Waals surface area contributed by atoms with Crippen molar-refractivity contribution in [2.45, 2.75) is 39.2 Å². The summed E-state index contributed by atoms with van der Waals surface area (Å²) < 4.78 is 13.9. The number of carbonyl (C=O) groups is 1. The number of hydrogen-bond donors (Lipinski definition) is 2. The van der Waals surface area contributed by atoms with Crippen molar-refractivity contribution >= 4 is 17.3 Å². The smallest absolute Gasteiger partial charge is 0.338 e. The van der Waals surface area contributed by atoms with Crippen molar-refractivity contribution in [2.24, 2.45) is 5.92 Å². The largest absolute Gasteiger partial charge is 0.478 e. The highest BCUT2D eigenvalue weighted by Gasteiger charge is 2.31. The molecule has 1 saturated carbocycles. The summed E-state index contributed by atoms with van der Waals surface area (Å²) in [6.07, 6.45) is 3.16. The van der Waals surface area contributed by atoms with Crippen LogP contribution < -0.4 is 10.6 Å². The van der Waals surface area contributed by atoms with Gasteiger partial charge in [-0.15, -0.1) is 0 Å². The van der Waals surface area contributed by atoms with E-state index in [0.29, 0.717) is 23.3 Å². The number of carboxylic acids is 1. The van der Waals surface area contributed by atoms with Crippen LogP contribution in [0.2, 0.25) is 0 Å². The molecule has 0 radical (unpaired) electrons. The predicted octanol–water partition coefficient (Wildman–Crippen LogP) is 3.12. The first-order valence-corrected chi connectivity index (χ1v) is 6.99. The number of nitrogen functional groups attached to an aromatic ring is 1. The van der Waals surface area contributed by atoms with Gasteiger partial charge in [0.05, 0.1) is 16.9 Å². The van der Waals surface area contributed by atoms with Crippen LogP contribution in [0.1, 0.15) is 43.5 Å². The molecule has 2 rings (SSSR count). The van der Waals surface area contributed by atoms with Gasteiger partial charge in [0.25, 0.3) is 0 Å². The molecular weight excluding hydrogens is 259 g/mol. The molecule has 0 aliphatic heterocycles. The Bertz CT molecular complexity index is 513. The third-order valence-corrected chi connectivity index (χ3v) is 3.59. The van der Waals surface area contributed by atoms with Crippen molar-refractivity contribution in [2.75, 3.05) is 17.2 Å². The fourth-order valence-electron chi connectivity index (χ4n) is 2.28. The van der Waals surface area contributed by atoms with E-state index in [9.17, 15) is 9.18 Å². The highest BCUT2D eigenvalue weighted by Crippen LogP contribution is 2.36. The molecule has 1 aromatic carbocycles. The summed E-state index contributed by atoms with van der Waals surface area (Å²) in [7, 11) is 0. The lowest BCUT2D eigenvalue weighted by Gasteiger charge is -2.27. The number of rotatable bonds is 6. The van der Waals surface area contributed by atoms with Crippen LogP contribution in [0.25, 0.3) is 0 Å². The number of anilines is 2. The quantitative estimate of drug-likeness (QED) is 0.786. The Balaban J connectivity index is 2.29. The van der Waals surface area contributed by atoms with Crippen LogP contribution in [0.3, 0.4) is 0 Å². The topological polar surface area (TPSA) is 66.6 Å². The van der Waals surface area contributed by atoms with Gasteiger partial charge in [-0.1, -0.05) is 13.8 Å². The lowest BCUT2D eigenvalue weighted by Crippen LogP contribution is -2.29. The second-order valence-corrected chi connectivity index (χ2v) is 5.80. The molecule has 0 aromatic heterocycles. The summed E-state index contributed by atoms with van der Waals surface area (Å²) in [5, 5.41) is 8.91. The number of carboxylic acid groups (broad SMARTS) is 1. The van der Waals surface area contributed by atoms with Gasteiger partial charge in [-0.3, -0.25) is 0 Å². The molecule has 0 spiro atoms. The molecule has 1 fully saturated rings. The number of nitrogens with two attached hydrogens (primary N) is 1. The van der Waals surface area contributed by atoms with E-state index in [2.05, 4.69) is 18.7 Å². The zero-order chi connectivity index (χ0) is 14.9. The van der Waals surface area contributed by atoms with Gasteiger partial charge in [0.1, 0.15) is 5.82 Å². The molecule has 4 nitrogen and oxygen atoms in total. The summed E-state index contributed by atoms with van der Waals surface area (Å²) in [6, 6.07) is 2.89. The molecule has 110 valence electrons. The van der Waals surface area contributed by atoms with Gasteiger partial charge in [0.15, 0.2) is 0 Å². The Hall–Kier alpha value is -1.78. The fourth-order valence-corrected chi connectivity index (χ4v) is 2.28. The fraction of sp³-hybridized carbons (Fsp3) is 0.533. The lowest BCUT2D eigenvalue weighted by atomic mass is 10.1. The van der Waals surface area contributed by atoms with Crippen LogP contribution in [-0.2, 0) is 0 Å². The second kappa shape index (κ2) is 5.69. The van der Waals surface area contributed by atoms with E-state index in [1.54, 1.807) is 0 Å². The van der Waals surface area contributed by atoms with Crippen molar-refractivity contribution < 1.29 is 14.3 Å². The Morgan fingerprint density at radius 2 is 2.15 bits per heavy atom. The molecule has 0 heterocycles. The maximum absolute atomic E-state index is 13.9. The van der Waals surface area contributed by atoms with Crippen molar-refractivity contribution in [3.8, 4) is 0 Å². The van der Waals surface area contributed by atoms with E-state index >= 15 is 0 Å². The van der Waals surface area contributed by atoms with E-state index < -0.39 is 11.8 Å². The Morgan fingerprint density at radius 1 is 1.50 bits per heavy atom. The molecule has 0 unspecified atom stereocenters. The zero-order valence-electron chi connectivity index (χ0n) is 11.9. The minimum Gasteiger partial charge on any atom is -0.478 e. The van der Waals surface area contributed by atoms with Gasteiger partial charge in [-0.05, 0) is 31.2 Å². The molecule has 0 saturated heterocycles. The van der Waals surface area contributed by atoms with E-state index in [1.807, 2.05) is 0 Å². The Labute approximate surface area is 118 Å². The molecule has 3 N–H and O–H groups in total. The van der Waals surface area contributed by atoms with Gasteiger partial charge < -0.3 is 15.7 Å². The van der Waals surface area contributed by atoms with E-state index in [-0.39, 0.29) is 5.56 Å². The third-order valence-electron chi connectivity index (χ3n) is 3.59. The summed E-state index contributed by atoms with van der Waals surface area (Å²) in [5.41, 5.74) is 6.51. The molecule has 5 heteroatoms. The first-order valence-electron chi connectivity index (χ1n) is 6.99. The van der Waals surface area contributed by atoms with Crippen molar-refractivity contribution in [1.29, 1.82) is 0 Å². The number of benzene rings is 1. The van der Waals surface area contributed by atoms with Crippen molar-refractivity contribution in [1.82, 2.24) is 0 Å². The first-order chi connectivity index (χ1) is 9.40. The number of hydrogen-bond acceptors (Lipinski definition) is 3. The number of halogens is 1. The van der Waals surface area contributed by atoms with E-state index in [1.165, 1.54) is 12.1 Å². The summed E-state index contributed by atoms with van der Waals surface area (Å²) >= 11 is 0. The zero-order valence-corrected chi connectivity index (χ0v) is 11.9. The van der Waals surface area contributed by atoms with Gasteiger partial charge in [0.2, 0.25) is 0 Å². The summed E-state index contributed by atoms with van der Waals surface area (Å²) in [5.74, 6) is -1.46. The SMILES string of the molecule is CC(C)CCN(c1cc(F)c(C(=O)O)cc1N)C1CC1. The van der Waals surface area contributed by atoms with Gasteiger partial charge >= 0.3 is 5.97 Å². The molecule has 1 aliphatic carbocycles. The van der Waals surface area contributed by atoms with Gasteiger partial charge in [-0.2, -0.15) is 0 Å². The molecule has 0 atom stereocenters. The normalized spacial score (nSPS) is 14.6. The van der Waals surface area contributed by atoms with Crippen LogP contribution >= 0.6 is 0 Å². The average molecular weight is 280 g/mol. The van der Waals surface area contributed by atoms with E-state index in [4.69, 9.17) is 10.8 Å². The molecule has 1 aromatic rings. The van der Waals surface area contributed by atoms with Crippen molar-refractivity contribution in [3.63, 3.8) is 0 Å². The maximum Gasteiger partial charge on any atom is 0.338 e. The minimum atomic E-state index is -1.29. The predicted molar refractivity (Wildman–Crippen MR) is 77.6 cm³/mol. The molecular formula is C15H21FN2O2. The molecule has 20 heavy (non-hydrogen) atoms. The van der Waals surface area contributed by atoms with Gasteiger partial charge in [0, 0.05) is 18.7 Å². The van der Waals surface area contributed by atoms with Gasteiger partial charge in [-0.25, -0.2) is 9.18 Å². The second-order valence-electron chi connectivity index (χ2n) is 5.80. The minimum absolute atomic E-state index is 0.333. The van der Waals surface area contributed by atoms with Crippen LogP contribution in [0, 0.1) is 11.7 Å². The summed E-state index contributed by atoms with van der Waals surface area (Å²) in [6.45, 7) is 5.10. The lowest BCUT2D eigenvalue weighted by molar-refractivity contribution is 0.0692.